The molecule has 0 fully saturated rings. The first-order valence-corrected chi connectivity index (χ1v) is 5.44. The van der Waals surface area contributed by atoms with Crippen molar-refractivity contribution in [3.05, 3.63) is 29.3 Å². The molecule has 0 heterocycles. The highest BCUT2D eigenvalue weighted by molar-refractivity contribution is 7.89. The third kappa shape index (κ3) is 2.65. The molecule has 0 aromatic heterocycles. The minimum Gasteiger partial charge on any atom is -0.616 e. The highest BCUT2D eigenvalue weighted by Crippen LogP contribution is 2.15. The van der Waals surface area contributed by atoms with Gasteiger partial charge in [-0.05, 0) is 18.2 Å². The molecule has 0 aliphatic rings. The van der Waals surface area contributed by atoms with E-state index < -0.39 is 11.2 Å². The van der Waals surface area contributed by atoms with Gasteiger partial charge in [-0.1, -0.05) is 11.2 Å². The zero-order chi connectivity index (χ0) is 9.84. The van der Waals surface area contributed by atoms with Crippen molar-refractivity contribution >= 4 is 16.9 Å². The number of nitrogens with zero attached hydrogens (tertiary/aromatic N) is 1. The van der Waals surface area contributed by atoms with Crippen LogP contribution in [0.25, 0.3) is 0 Å². The van der Waals surface area contributed by atoms with E-state index in [9.17, 15) is 4.55 Å². The summed E-state index contributed by atoms with van der Waals surface area (Å²) in [5.74, 6) is 0.383. The smallest absolute Gasteiger partial charge is 0.131 e. The molecule has 68 valence electrons. The molecule has 1 atom stereocenters. The van der Waals surface area contributed by atoms with Crippen LogP contribution in [0.3, 0.4) is 0 Å². The van der Waals surface area contributed by atoms with Gasteiger partial charge in [-0.2, -0.15) is 5.26 Å². The zero-order valence-electron chi connectivity index (χ0n) is 7.28. The number of hydrogen-bond acceptors (Lipinski definition) is 3. The van der Waals surface area contributed by atoms with Gasteiger partial charge in [-0.25, -0.2) is 0 Å². The summed E-state index contributed by atoms with van der Waals surface area (Å²) < 4.78 is 11.0. The summed E-state index contributed by atoms with van der Waals surface area (Å²) in [6, 6.07) is 7.05. The summed E-state index contributed by atoms with van der Waals surface area (Å²) in [5.41, 5.74) is 7.45. The summed E-state index contributed by atoms with van der Waals surface area (Å²) in [6.45, 7) is 0. The summed E-state index contributed by atoms with van der Waals surface area (Å²) in [7, 11) is 0. The van der Waals surface area contributed by atoms with Crippen molar-refractivity contribution in [3.8, 4) is 6.07 Å². The maximum Gasteiger partial charge on any atom is 0.131 e. The van der Waals surface area contributed by atoms with E-state index >= 15 is 0 Å². The minimum atomic E-state index is -0.943. The van der Waals surface area contributed by atoms with E-state index in [4.69, 9.17) is 11.0 Å². The van der Waals surface area contributed by atoms with E-state index in [1.54, 1.807) is 24.5 Å². The third-order valence-electron chi connectivity index (χ3n) is 1.61. The highest BCUT2D eigenvalue weighted by Gasteiger charge is 2.07. The number of nitrogen functional groups attached to an aromatic ring is 1. The summed E-state index contributed by atoms with van der Waals surface area (Å²) in [4.78, 5) is 0. The first-order chi connectivity index (χ1) is 6.13. The van der Waals surface area contributed by atoms with Gasteiger partial charge in [0.25, 0.3) is 0 Å². The molecule has 0 amide bonds. The molecule has 1 rings (SSSR count). The van der Waals surface area contributed by atoms with Crippen LogP contribution in [0, 0.1) is 11.3 Å². The Labute approximate surface area is 80.4 Å². The summed E-state index contributed by atoms with van der Waals surface area (Å²) in [6.07, 6.45) is 1.60. The van der Waals surface area contributed by atoms with E-state index in [2.05, 4.69) is 0 Å². The maximum absolute atomic E-state index is 11.0. The first kappa shape index (κ1) is 9.90. The normalized spacial score (nSPS) is 12.1. The Balaban J connectivity index is 3.03. The summed E-state index contributed by atoms with van der Waals surface area (Å²) in [5, 5.41) is 8.73. The van der Waals surface area contributed by atoms with Gasteiger partial charge >= 0.3 is 0 Å². The molecule has 0 saturated heterocycles. The Bertz CT molecular complexity index is 344. The molecule has 0 saturated carbocycles. The molecule has 0 aliphatic heterocycles. The van der Waals surface area contributed by atoms with E-state index in [0.29, 0.717) is 17.0 Å². The lowest BCUT2D eigenvalue weighted by molar-refractivity contribution is 0.600. The molecule has 1 aromatic carbocycles. The van der Waals surface area contributed by atoms with Crippen molar-refractivity contribution in [3.63, 3.8) is 0 Å². The second kappa shape index (κ2) is 4.17. The van der Waals surface area contributed by atoms with Crippen LogP contribution in [0.15, 0.2) is 18.2 Å². The van der Waals surface area contributed by atoms with Crippen LogP contribution >= 0.6 is 0 Å². The van der Waals surface area contributed by atoms with E-state index in [0.717, 1.165) is 5.56 Å². The van der Waals surface area contributed by atoms with Gasteiger partial charge < -0.3 is 10.3 Å². The highest BCUT2D eigenvalue weighted by atomic mass is 32.2. The number of rotatable bonds is 2. The number of benzene rings is 1. The zero-order valence-corrected chi connectivity index (χ0v) is 8.10. The monoisotopic (exact) mass is 194 g/mol. The molecule has 0 aliphatic carbocycles. The van der Waals surface area contributed by atoms with E-state index in [1.807, 2.05) is 6.07 Å². The molecule has 3 nitrogen and oxygen atoms in total. The molecule has 0 spiro atoms. The average Bonchev–Trinajstić information content (AvgIpc) is 2.03. The standard InChI is InChI=1S/C9H10N2OS/c1-13(12)6-8-4-9(11)3-2-7(8)5-10/h2-4H,6,11H2,1H3. The Hall–Kier alpha value is -1.18. The number of nitrogens with two attached hydrogens (primary N) is 1. The van der Waals surface area contributed by atoms with Crippen LogP contribution < -0.4 is 5.73 Å². The molecule has 1 unspecified atom stereocenters. The van der Waals surface area contributed by atoms with Gasteiger partial charge in [-0.15, -0.1) is 0 Å². The van der Waals surface area contributed by atoms with Gasteiger partial charge in [0.15, 0.2) is 0 Å². The Morgan fingerprint density at radius 1 is 1.62 bits per heavy atom. The average molecular weight is 194 g/mol. The van der Waals surface area contributed by atoms with Gasteiger partial charge in [0, 0.05) is 11.3 Å². The molecule has 0 radical (unpaired) electrons. The predicted octanol–water partition coefficient (Wildman–Crippen LogP) is 1.02. The molecule has 0 bridgehead atoms. The molecule has 13 heavy (non-hydrogen) atoms. The number of hydrogen-bond donors (Lipinski definition) is 1. The molecular weight excluding hydrogens is 184 g/mol. The Morgan fingerprint density at radius 2 is 2.31 bits per heavy atom. The van der Waals surface area contributed by atoms with Crippen molar-refractivity contribution in [1.29, 1.82) is 5.26 Å². The molecule has 1 aromatic rings. The van der Waals surface area contributed by atoms with E-state index in [1.165, 1.54) is 0 Å². The van der Waals surface area contributed by atoms with Gasteiger partial charge in [-0.3, -0.25) is 0 Å². The van der Waals surface area contributed by atoms with Crippen LogP contribution in [-0.2, 0) is 16.9 Å². The quantitative estimate of drug-likeness (QED) is 0.564. The van der Waals surface area contributed by atoms with Crippen LogP contribution in [0.5, 0.6) is 0 Å². The second-order valence-corrected chi connectivity index (χ2v) is 4.18. The molecular formula is C9H10N2OS. The van der Waals surface area contributed by atoms with Crippen molar-refractivity contribution < 1.29 is 4.55 Å². The van der Waals surface area contributed by atoms with Crippen molar-refractivity contribution in [1.82, 2.24) is 0 Å². The largest absolute Gasteiger partial charge is 0.616 e. The number of anilines is 1. The van der Waals surface area contributed by atoms with Crippen LogP contribution in [-0.4, -0.2) is 10.8 Å². The van der Waals surface area contributed by atoms with Crippen molar-refractivity contribution in [2.45, 2.75) is 5.75 Å². The van der Waals surface area contributed by atoms with Crippen LogP contribution in [0.1, 0.15) is 11.1 Å². The molecule has 2 N–H and O–H groups in total. The maximum atomic E-state index is 11.0. The molecule has 4 heteroatoms. The fraction of sp³-hybridized carbons (Fsp3) is 0.222. The SMILES string of the molecule is C[S+]([O-])Cc1cc(N)ccc1C#N. The topological polar surface area (TPSA) is 72.9 Å². The lowest BCUT2D eigenvalue weighted by Gasteiger charge is -2.06. The first-order valence-electron chi connectivity index (χ1n) is 3.72. The van der Waals surface area contributed by atoms with Gasteiger partial charge in [0.05, 0.1) is 17.9 Å². The van der Waals surface area contributed by atoms with Crippen molar-refractivity contribution in [2.24, 2.45) is 0 Å². The summed E-state index contributed by atoms with van der Waals surface area (Å²) >= 11 is -0.943. The second-order valence-electron chi connectivity index (χ2n) is 2.75. The van der Waals surface area contributed by atoms with Gasteiger partial charge in [0.1, 0.15) is 5.75 Å². The van der Waals surface area contributed by atoms with Crippen LogP contribution in [0.4, 0.5) is 5.69 Å². The third-order valence-corrected chi connectivity index (χ3v) is 2.33. The lowest BCUT2D eigenvalue weighted by Crippen LogP contribution is -2.03. The predicted molar refractivity (Wildman–Crippen MR) is 53.3 cm³/mol. The van der Waals surface area contributed by atoms with Crippen LogP contribution in [0.2, 0.25) is 0 Å². The lowest BCUT2D eigenvalue weighted by atomic mass is 10.1. The van der Waals surface area contributed by atoms with Crippen molar-refractivity contribution in [2.75, 3.05) is 12.0 Å². The Morgan fingerprint density at radius 3 is 2.85 bits per heavy atom. The fourth-order valence-corrected chi connectivity index (χ4v) is 1.74. The fourth-order valence-electron chi connectivity index (χ4n) is 1.06. The number of nitriles is 1. The van der Waals surface area contributed by atoms with Gasteiger partial charge in [0.2, 0.25) is 0 Å². The Kier molecular flexibility index (Phi) is 3.18. The minimum absolute atomic E-state index is 0.383. The van der Waals surface area contributed by atoms with E-state index in [-0.39, 0.29) is 0 Å².